The molecule has 0 radical (unpaired) electrons. The van der Waals surface area contributed by atoms with Crippen molar-refractivity contribution in [1.82, 2.24) is 5.43 Å². The largest absolute Gasteiger partial charge is 0.494 e. The number of nitrogens with one attached hydrogen (secondary N) is 2. The number of halogens is 1. The number of anilines is 1. The van der Waals surface area contributed by atoms with E-state index in [4.69, 9.17) is 14.2 Å². The van der Waals surface area contributed by atoms with Crippen molar-refractivity contribution in [3.8, 4) is 17.2 Å². The molecule has 0 atom stereocenters. The molecule has 170 valence electrons. The molecule has 2 aromatic rings. The summed E-state index contributed by atoms with van der Waals surface area (Å²) < 4.78 is 17.2. The summed E-state index contributed by atoms with van der Waals surface area (Å²) in [6, 6.07) is 10.6. The number of benzene rings is 2. The summed E-state index contributed by atoms with van der Waals surface area (Å²) in [5, 5.41) is 6.69. The van der Waals surface area contributed by atoms with E-state index in [-0.39, 0.29) is 24.7 Å². The molecule has 0 heterocycles. The minimum absolute atomic E-state index is 0.00931. The number of ether oxygens (including phenoxy) is 3. The van der Waals surface area contributed by atoms with Gasteiger partial charge in [-0.1, -0.05) is 12.7 Å². The fourth-order valence-corrected chi connectivity index (χ4v) is 3.36. The molecule has 2 aromatic carbocycles. The number of hydrogen-bond acceptors (Lipinski definition) is 6. The number of hydrogen-bond donors (Lipinski definition) is 2. The molecule has 2 rings (SSSR count). The highest BCUT2D eigenvalue weighted by Gasteiger charge is 2.11. The lowest BCUT2D eigenvalue weighted by Gasteiger charge is -2.12. The van der Waals surface area contributed by atoms with E-state index < -0.39 is 0 Å². The third-order valence-corrected chi connectivity index (χ3v) is 4.83. The zero-order valence-corrected chi connectivity index (χ0v) is 20.2. The van der Waals surface area contributed by atoms with Crippen molar-refractivity contribution in [2.45, 2.75) is 19.8 Å². The number of methoxy groups -OCH3 is 1. The second-order valence-corrected chi connectivity index (χ2v) is 7.59. The Kier molecular flexibility index (Phi) is 10.5. The number of carbonyl (C=O) groups is 2. The Labute approximate surface area is 201 Å². The molecule has 0 aromatic heterocycles. The second-order valence-electron chi connectivity index (χ2n) is 6.43. The zero-order valence-electron chi connectivity index (χ0n) is 18.0. The summed E-state index contributed by atoms with van der Waals surface area (Å²) >= 11 is 2.14. The summed E-state index contributed by atoms with van der Waals surface area (Å²) in [6.45, 7) is 6.47. The van der Waals surface area contributed by atoms with Crippen LogP contribution in [0, 0.1) is 3.57 Å². The molecule has 0 bridgehead atoms. The standard InChI is InChI=1S/C23H26IN3O5/c1-4-12-32-23-19(24)13-16(14-20(23)30-3)15-25-27-22(29)11-10-21(28)26-17-6-8-18(9-7-17)31-5-2/h4,6-9,13-15H,1,5,10-12H2,2-3H3,(H,26,28)(H,27,29). The molecule has 2 amide bonds. The van der Waals surface area contributed by atoms with Crippen molar-refractivity contribution in [1.29, 1.82) is 0 Å². The molecule has 9 heteroatoms. The summed E-state index contributed by atoms with van der Waals surface area (Å²) in [7, 11) is 1.55. The molecule has 0 aliphatic carbocycles. The summed E-state index contributed by atoms with van der Waals surface area (Å²) in [6.07, 6.45) is 3.20. The Morgan fingerprint density at radius 3 is 2.50 bits per heavy atom. The lowest BCUT2D eigenvalue weighted by atomic mass is 10.2. The third-order valence-electron chi connectivity index (χ3n) is 4.03. The molecule has 32 heavy (non-hydrogen) atoms. The molecule has 0 saturated carbocycles. The Bertz CT molecular complexity index is 961. The Balaban J connectivity index is 1.82. The summed E-state index contributed by atoms with van der Waals surface area (Å²) in [5.41, 5.74) is 3.79. The molecule has 0 aliphatic heterocycles. The van der Waals surface area contributed by atoms with E-state index >= 15 is 0 Å². The maximum Gasteiger partial charge on any atom is 0.240 e. The summed E-state index contributed by atoms with van der Waals surface area (Å²) in [4.78, 5) is 24.0. The van der Waals surface area contributed by atoms with Crippen LogP contribution in [0.2, 0.25) is 0 Å². The van der Waals surface area contributed by atoms with E-state index in [1.165, 1.54) is 6.21 Å². The summed E-state index contributed by atoms with van der Waals surface area (Å²) in [5.74, 6) is 1.28. The van der Waals surface area contributed by atoms with Crippen LogP contribution in [0.15, 0.2) is 54.2 Å². The van der Waals surface area contributed by atoms with Gasteiger partial charge in [0.1, 0.15) is 12.4 Å². The van der Waals surface area contributed by atoms with Crippen molar-refractivity contribution in [2.75, 3.05) is 25.6 Å². The van der Waals surface area contributed by atoms with Gasteiger partial charge in [0.2, 0.25) is 11.8 Å². The van der Waals surface area contributed by atoms with E-state index in [1.54, 1.807) is 43.5 Å². The van der Waals surface area contributed by atoms with E-state index in [0.717, 1.165) is 14.9 Å². The van der Waals surface area contributed by atoms with Gasteiger partial charge in [-0.05, 0) is 71.5 Å². The minimum atomic E-state index is -0.365. The van der Waals surface area contributed by atoms with Crippen LogP contribution in [-0.4, -0.2) is 38.4 Å². The molecule has 0 spiro atoms. The monoisotopic (exact) mass is 551 g/mol. The molecule has 0 fully saturated rings. The fourth-order valence-electron chi connectivity index (χ4n) is 2.58. The van der Waals surface area contributed by atoms with Crippen LogP contribution < -0.4 is 25.0 Å². The van der Waals surface area contributed by atoms with Gasteiger partial charge in [0.25, 0.3) is 0 Å². The normalized spacial score (nSPS) is 10.5. The van der Waals surface area contributed by atoms with Crippen LogP contribution in [0.25, 0.3) is 0 Å². The van der Waals surface area contributed by atoms with Crippen molar-refractivity contribution in [2.24, 2.45) is 5.10 Å². The van der Waals surface area contributed by atoms with Gasteiger partial charge in [-0.25, -0.2) is 5.43 Å². The van der Waals surface area contributed by atoms with Gasteiger partial charge >= 0.3 is 0 Å². The molecule has 0 aliphatic rings. The van der Waals surface area contributed by atoms with Crippen LogP contribution >= 0.6 is 22.6 Å². The second kappa shape index (κ2) is 13.4. The quantitative estimate of drug-likeness (QED) is 0.179. The average Bonchev–Trinajstić information content (AvgIpc) is 2.78. The van der Waals surface area contributed by atoms with Crippen molar-refractivity contribution < 1.29 is 23.8 Å². The molecule has 0 unspecified atom stereocenters. The number of hydrazone groups is 1. The maximum absolute atomic E-state index is 12.0. The van der Waals surface area contributed by atoms with Gasteiger partial charge in [0.15, 0.2) is 11.5 Å². The van der Waals surface area contributed by atoms with Crippen LogP contribution in [0.4, 0.5) is 5.69 Å². The first-order chi connectivity index (χ1) is 15.5. The topological polar surface area (TPSA) is 98.2 Å². The van der Waals surface area contributed by atoms with Crippen molar-refractivity contribution >= 4 is 46.3 Å². The molecule has 0 saturated heterocycles. The predicted molar refractivity (Wildman–Crippen MR) is 133 cm³/mol. The first-order valence-corrected chi connectivity index (χ1v) is 11.0. The van der Waals surface area contributed by atoms with Crippen LogP contribution in [0.1, 0.15) is 25.3 Å². The van der Waals surface area contributed by atoms with Gasteiger partial charge in [-0.2, -0.15) is 5.10 Å². The third kappa shape index (κ3) is 8.22. The molecule has 8 nitrogen and oxygen atoms in total. The van der Waals surface area contributed by atoms with Crippen LogP contribution in [0.3, 0.4) is 0 Å². The van der Waals surface area contributed by atoms with Gasteiger partial charge in [-0.15, -0.1) is 0 Å². The zero-order chi connectivity index (χ0) is 23.3. The number of amides is 2. The first-order valence-electron chi connectivity index (χ1n) is 9.92. The highest BCUT2D eigenvalue weighted by Crippen LogP contribution is 2.33. The smallest absolute Gasteiger partial charge is 0.240 e. The highest BCUT2D eigenvalue weighted by atomic mass is 127. The van der Waals surface area contributed by atoms with Crippen molar-refractivity contribution in [3.05, 3.63) is 58.2 Å². The van der Waals surface area contributed by atoms with Gasteiger partial charge in [0.05, 0.1) is 23.5 Å². The predicted octanol–water partition coefficient (Wildman–Crippen LogP) is 4.13. The molecular formula is C23H26IN3O5. The van der Waals surface area contributed by atoms with Gasteiger partial charge in [-0.3, -0.25) is 9.59 Å². The van der Waals surface area contributed by atoms with E-state index in [0.29, 0.717) is 30.4 Å². The Morgan fingerprint density at radius 2 is 1.84 bits per heavy atom. The van der Waals surface area contributed by atoms with Crippen LogP contribution in [-0.2, 0) is 9.59 Å². The lowest BCUT2D eigenvalue weighted by molar-refractivity contribution is -0.124. The van der Waals surface area contributed by atoms with E-state index in [2.05, 4.69) is 45.0 Å². The highest BCUT2D eigenvalue weighted by molar-refractivity contribution is 14.1. The average molecular weight is 551 g/mol. The Hall–Kier alpha value is -3.08. The van der Waals surface area contributed by atoms with Gasteiger partial charge < -0.3 is 19.5 Å². The number of carbonyl (C=O) groups excluding carboxylic acids is 2. The first kappa shape index (κ1) is 25.2. The number of rotatable bonds is 12. The van der Waals surface area contributed by atoms with E-state index in [1.807, 2.05) is 13.0 Å². The van der Waals surface area contributed by atoms with Crippen molar-refractivity contribution in [3.63, 3.8) is 0 Å². The lowest BCUT2D eigenvalue weighted by Crippen LogP contribution is -2.20. The fraction of sp³-hybridized carbons (Fsp3) is 0.261. The SMILES string of the molecule is C=CCOc1c(I)cc(C=NNC(=O)CCC(=O)Nc2ccc(OCC)cc2)cc1OC. The number of nitrogens with zero attached hydrogens (tertiary/aromatic N) is 1. The molecular weight excluding hydrogens is 525 g/mol. The Morgan fingerprint density at radius 1 is 1.12 bits per heavy atom. The minimum Gasteiger partial charge on any atom is -0.494 e. The molecule has 2 N–H and O–H groups in total. The van der Waals surface area contributed by atoms with Gasteiger partial charge in [0, 0.05) is 18.5 Å². The van der Waals surface area contributed by atoms with Crippen LogP contribution in [0.5, 0.6) is 17.2 Å². The maximum atomic E-state index is 12.0. The van der Waals surface area contributed by atoms with E-state index in [9.17, 15) is 9.59 Å².